The first-order valence-corrected chi connectivity index (χ1v) is 6.66. The molecule has 1 aliphatic heterocycles. The fraction of sp³-hybridized carbons (Fsp3) is 0.417. The molecule has 0 spiro atoms. The summed E-state index contributed by atoms with van der Waals surface area (Å²) in [5.41, 5.74) is 0.682. The van der Waals surface area contributed by atoms with Crippen molar-refractivity contribution in [3.63, 3.8) is 0 Å². The third kappa shape index (κ3) is 3.30. The van der Waals surface area contributed by atoms with Crippen LogP contribution in [0.1, 0.15) is 6.92 Å². The number of carbonyl (C=O) groups is 1. The Morgan fingerprint density at radius 3 is 3.06 bits per heavy atom. The normalized spacial score (nSPS) is 14.3. The smallest absolute Gasteiger partial charge is 0.234 e. The van der Waals surface area contributed by atoms with E-state index in [9.17, 15) is 4.79 Å². The summed E-state index contributed by atoms with van der Waals surface area (Å²) in [6, 6.07) is 5.27. The van der Waals surface area contributed by atoms with Crippen molar-refractivity contribution < 1.29 is 19.4 Å². The Morgan fingerprint density at radius 1 is 1.50 bits per heavy atom. The molecule has 1 unspecified atom stereocenters. The van der Waals surface area contributed by atoms with E-state index in [0.717, 1.165) is 0 Å². The van der Waals surface area contributed by atoms with Gasteiger partial charge in [0, 0.05) is 17.0 Å². The predicted molar refractivity (Wildman–Crippen MR) is 70.2 cm³/mol. The van der Waals surface area contributed by atoms with Crippen LogP contribution in [0.2, 0.25) is 0 Å². The third-order valence-electron chi connectivity index (χ3n) is 2.41. The molecule has 0 fully saturated rings. The maximum absolute atomic E-state index is 11.6. The number of aliphatic hydroxyl groups excluding tert-OH is 1. The lowest BCUT2D eigenvalue weighted by atomic mass is 10.3. The molecule has 1 amide bonds. The molecule has 0 radical (unpaired) electrons. The van der Waals surface area contributed by atoms with Crippen LogP contribution in [0.5, 0.6) is 11.5 Å². The zero-order valence-corrected chi connectivity index (χ0v) is 10.8. The molecule has 1 aromatic carbocycles. The monoisotopic (exact) mass is 269 g/mol. The Bertz CT molecular complexity index is 438. The molecule has 6 heteroatoms. The number of nitrogens with one attached hydrogen (secondary N) is 1. The molecule has 0 aliphatic carbocycles. The second-order valence-corrected chi connectivity index (χ2v) is 5.35. The molecule has 2 N–H and O–H groups in total. The SMILES string of the molecule is CC(CO)SCC(=O)Nc1ccc2c(c1)OCO2. The molecule has 0 saturated heterocycles. The van der Waals surface area contributed by atoms with Gasteiger partial charge in [0.15, 0.2) is 11.5 Å². The van der Waals surface area contributed by atoms with Crippen molar-refractivity contribution in [2.75, 3.05) is 24.5 Å². The number of amides is 1. The van der Waals surface area contributed by atoms with Crippen LogP contribution < -0.4 is 14.8 Å². The number of rotatable bonds is 5. The molecule has 18 heavy (non-hydrogen) atoms. The van der Waals surface area contributed by atoms with Crippen molar-refractivity contribution in [1.29, 1.82) is 0 Å². The third-order valence-corrected chi connectivity index (χ3v) is 3.56. The Kier molecular flexibility index (Phi) is 4.33. The molecule has 1 atom stereocenters. The molecule has 0 bridgehead atoms. The van der Waals surface area contributed by atoms with Crippen LogP contribution in [-0.2, 0) is 4.79 Å². The quantitative estimate of drug-likeness (QED) is 0.847. The van der Waals surface area contributed by atoms with Gasteiger partial charge in [0.2, 0.25) is 12.7 Å². The van der Waals surface area contributed by atoms with Crippen molar-refractivity contribution in [3.05, 3.63) is 18.2 Å². The van der Waals surface area contributed by atoms with Crippen LogP contribution in [0.25, 0.3) is 0 Å². The van der Waals surface area contributed by atoms with E-state index in [-0.39, 0.29) is 24.6 Å². The Balaban J connectivity index is 1.87. The number of fused-ring (bicyclic) bond motifs is 1. The lowest BCUT2D eigenvalue weighted by molar-refractivity contribution is -0.113. The minimum atomic E-state index is -0.0980. The van der Waals surface area contributed by atoms with Gasteiger partial charge in [0.1, 0.15) is 0 Å². The van der Waals surface area contributed by atoms with E-state index in [2.05, 4.69) is 5.32 Å². The predicted octanol–water partition coefficient (Wildman–Crippen LogP) is 1.47. The van der Waals surface area contributed by atoms with E-state index in [1.807, 2.05) is 6.92 Å². The molecule has 1 aromatic rings. The van der Waals surface area contributed by atoms with Gasteiger partial charge in [0.25, 0.3) is 0 Å². The summed E-state index contributed by atoms with van der Waals surface area (Å²) in [7, 11) is 0. The topological polar surface area (TPSA) is 67.8 Å². The molecule has 1 heterocycles. The van der Waals surface area contributed by atoms with Crippen molar-refractivity contribution >= 4 is 23.4 Å². The number of aliphatic hydroxyl groups is 1. The molecule has 0 aromatic heterocycles. The van der Waals surface area contributed by atoms with E-state index in [1.54, 1.807) is 18.2 Å². The Hall–Kier alpha value is -1.40. The maximum atomic E-state index is 11.6. The number of carbonyl (C=O) groups excluding carboxylic acids is 1. The molecule has 0 saturated carbocycles. The molecule has 5 nitrogen and oxygen atoms in total. The van der Waals surface area contributed by atoms with Crippen molar-refractivity contribution in [1.82, 2.24) is 0 Å². The van der Waals surface area contributed by atoms with Gasteiger partial charge in [-0.3, -0.25) is 4.79 Å². The van der Waals surface area contributed by atoms with Gasteiger partial charge in [0.05, 0.1) is 12.4 Å². The minimum Gasteiger partial charge on any atom is -0.454 e. The number of hydrogen-bond acceptors (Lipinski definition) is 5. The van der Waals surface area contributed by atoms with E-state index >= 15 is 0 Å². The summed E-state index contributed by atoms with van der Waals surface area (Å²) in [6.45, 7) is 2.16. The first-order chi connectivity index (χ1) is 8.69. The summed E-state index contributed by atoms with van der Waals surface area (Å²) in [5.74, 6) is 1.55. The first kappa shape index (κ1) is 13.0. The maximum Gasteiger partial charge on any atom is 0.234 e. The highest BCUT2D eigenvalue weighted by Crippen LogP contribution is 2.34. The fourth-order valence-corrected chi connectivity index (χ4v) is 2.06. The van der Waals surface area contributed by atoms with Gasteiger partial charge in [-0.1, -0.05) is 6.92 Å². The minimum absolute atomic E-state index is 0.0625. The van der Waals surface area contributed by atoms with Crippen molar-refractivity contribution in [3.8, 4) is 11.5 Å². The molecule has 98 valence electrons. The largest absolute Gasteiger partial charge is 0.454 e. The molecule has 1 aliphatic rings. The number of thioether (sulfide) groups is 1. The first-order valence-electron chi connectivity index (χ1n) is 5.61. The van der Waals surface area contributed by atoms with Gasteiger partial charge in [-0.25, -0.2) is 0 Å². The lowest BCUT2D eigenvalue weighted by Crippen LogP contribution is -2.16. The van der Waals surface area contributed by atoms with Gasteiger partial charge in [-0.15, -0.1) is 11.8 Å². The Labute approximate surface area is 109 Å². The number of ether oxygens (including phenoxy) is 2. The summed E-state index contributed by atoms with van der Waals surface area (Å²) in [5, 5.41) is 11.7. The summed E-state index contributed by atoms with van der Waals surface area (Å²) >= 11 is 1.41. The van der Waals surface area contributed by atoms with Crippen LogP contribution >= 0.6 is 11.8 Å². The van der Waals surface area contributed by atoms with E-state index in [4.69, 9.17) is 14.6 Å². The number of hydrogen-bond donors (Lipinski definition) is 2. The van der Waals surface area contributed by atoms with Gasteiger partial charge in [-0.2, -0.15) is 0 Å². The van der Waals surface area contributed by atoms with Crippen molar-refractivity contribution in [2.45, 2.75) is 12.2 Å². The van der Waals surface area contributed by atoms with Crippen LogP contribution in [0.3, 0.4) is 0 Å². The van der Waals surface area contributed by atoms with E-state index < -0.39 is 0 Å². The summed E-state index contributed by atoms with van der Waals surface area (Å²) < 4.78 is 10.4. The molecular formula is C12H15NO4S. The zero-order chi connectivity index (χ0) is 13.0. The highest BCUT2D eigenvalue weighted by molar-refractivity contribution is 8.00. The highest BCUT2D eigenvalue weighted by atomic mass is 32.2. The summed E-state index contributed by atoms with van der Waals surface area (Å²) in [4.78, 5) is 11.6. The average Bonchev–Trinajstić information content (AvgIpc) is 2.83. The highest BCUT2D eigenvalue weighted by Gasteiger charge is 2.14. The molecular weight excluding hydrogens is 254 g/mol. The van der Waals surface area contributed by atoms with Crippen LogP contribution in [0.4, 0.5) is 5.69 Å². The molecule has 2 rings (SSSR count). The van der Waals surface area contributed by atoms with Gasteiger partial charge in [-0.05, 0) is 12.1 Å². The van der Waals surface area contributed by atoms with Crippen molar-refractivity contribution in [2.24, 2.45) is 0 Å². The van der Waals surface area contributed by atoms with E-state index in [1.165, 1.54) is 11.8 Å². The second-order valence-electron chi connectivity index (χ2n) is 3.92. The van der Waals surface area contributed by atoms with Crippen LogP contribution in [0.15, 0.2) is 18.2 Å². The standard InChI is InChI=1S/C12H15NO4S/c1-8(5-14)18-6-12(15)13-9-2-3-10-11(4-9)17-7-16-10/h2-4,8,14H,5-7H2,1H3,(H,13,15). The number of benzene rings is 1. The fourth-order valence-electron chi connectivity index (χ4n) is 1.44. The van der Waals surface area contributed by atoms with Gasteiger partial charge >= 0.3 is 0 Å². The lowest BCUT2D eigenvalue weighted by Gasteiger charge is -2.08. The van der Waals surface area contributed by atoms with Gasteiger partial charge < -0.3 is 19.9 Å². The average molecular weight is 269 g/mol. The van der Waals surface area contributed by atoms with Crippen LogP contribution in [0, 0.1) is 0 Å². The van der Waals surface area contributed by atoms with E-state index in [0.29, 0.717) is 22.9 Å². The second kappa shape index (κ2) is 5.97. The zero-order valence-electron chi connectivity index (χ0n) is 10.0. The van der Waals surface area contributed by atoms with Crippen LogP contribution in [-0.4, -0.2) is 35.4 Å². The Morgan fingerprint density at radius 2 is 2.28 bits per heavy atom. The number of anilines is 1. The summed E-state index contributed by atoms with van der Waals surface area (Å²) in [6.07, 6.45) is 0.